The van der Waals surface area contributed by atoms with E-state index < -0.39 is 12.4 Å². The molecule has 1 rings (SSSR count). The molecular weight excluding hydrogens is 186 g/mol. The topological polar surface area (TPSA) is 92.8 Å². The minimum Gasteiger partial charge on any atom is -0.504 e. The number of phenolic OH excluding ortho intramolecular Hbond substituents is 1. The normalized spacial score (nSPS) is 9.86. The average molecular weight is 197 g/mol. The maximum Gasteiger partial charge on any atom is 0.190 e. The number of benzene rings is 1. The van der Waals surface area contributed by atoms with E-state index in [0.717, 1.165) is 0 Å². The third-order valence-electron chi connectivity index (χ3n) is 1.80. The zero-order valence-corrected chi connectivity index (χ0v) is 7.65. The summed E-state index contributed by atoms with van der Waals surface area (Å²) in [5.74, 6) is -0.503. The molecule has 0 bridgehead atoms. The van der Waals surface area contributed by atoms with E-state index in [-0.39, 0.29) is 22.7 Å². The highest BCUT2D eigenvalue weighted by molar-refractivity contribution is 6.02. The SMILES string of the molecule is COc1cc(C(=O)CO)c(N)cc1O. The first kappa shape index (κ1) is 10.3. The number of phenols is 1. The van der Waals surface area contributed by atoms with Gasteiger partial charge in [0.25, 0.3) is 0 Å². The van der Waals surface area contributed by atoms with Crippen LogP contribution < -0.4 is 10.5 Å². The molecule has 5 nitrogen and oxygen atoms in total. The average Bonchev–Trinajstić information content (AvgIpc) is 2.17. The fourth-order valence-corrected chi connectivity index (χ4v) is 1.07. The first-order valence-corrected chi connectivity index (χ1v) is 3.90. The number of ketones is 1. The van der Waals surface area contributed by atoms with Gasteiger partial charge in [-0.1, -0.05) is 0 Å². The van der Waals surface area contributed by atoms with Crippen LogP contribution >= 0.6 is 0 Å². The number of aromatic hydroxyl groups is 1. The van der Waals surface area contributed by atoms with Crippen molar-refractivity contribution in [3.63, 3.8) is 0 Å². The molecule has 0 saturated heterocycles. The number of rotatable bonds is 3. The van der Waals surface area contributed by atoms with Crippen LogP contribution in [0.4, 0.5) is 5.69 Å². The molecule has 76 valence electrons. The summed E-state index contributed by atoms with van der Waals surface area (Å²) in [7, 11) is 1.36. The zero-order chi connectivity index (χ0) is 10.7. The maximum absolute atomic E-state index is 11.1. The van der Waals surface area contributed by atoms with Crippen molar-refractivity contribution in [1.29, 1.82) is 0 Å². The highest BCUT2D eigenvalue weighted by Crippen LogP contribution is 2.30. The van der Waals surface area contributed by atoms with Crippen molar-refractivity contribution in [2.24, 2.45) is 0 Å². The molecule has 0 aliphatic carbocycles. The lowest BCUT2D eigenvalue weighted by molar-refractivity contribution is 0.0904. The van der Waals surface area contributed by atoms with Gasteiger partial charge < -0.3 is 20.7 Å². The Morgan fingerprint density at radius 3 is 2.71 bits per heavy atom. The zero-order valence-electron chi connectivity index (χ0n) is 7.65. The van der Waals surface area contributed by atoms with Crippen LogP contribution in [0.15, 0.2) is 12.1 Å². The van der Waals surface area contributed by atoms with Crippen molar-refractivity contribution in [3.8, 4) is 11.5 Å². The predicted octanol–water partition coefficient (Wildman–Crippen LogP) is 0.158. The van der Waals surface area contributed by atoms with E-state index in [1.165, 1.54) is 19.2 Å². The van der Waals surface area contributed by atoms with E-state index in [0.29, 0.717) is 0 Å². The number of Topliss-reactive ketones (excluding diaryl/α,β-unsaturated/α-hetero) is 1. The number of anilines is 1. The Balaban J connectivity index is 3.24. The van der Waals surface area contributed by atoms with Gasteiger partial charge in [0.1, 0.15) is 6.61 Å². The van der Waals surface area contributed by atoms with Gasteiger partial charge in [0.15, 0.2) is 17.3 Å². The third kappa shape index (κ3) is 1.77. The lowest BCUT2D eigenvalue weighted by Crippen LogP contribution is -2.08. The summed E-state index contributed by atoms with van der Waals surface area (Å²) < 4.78 is 4.80. The summed E-state index contributed by atoms with van der Waals surface area (Å²) in [4.78, 5) is 11.1. The molecule has 4 N–H and O–H groups in total. The summed E-state index contributed by atoms with van der Waals surface area (Å²) in [6.07, 6.45) is 0. The molecule has 0 heterocycles. The molecule has 0 atom stereocenters. The van der Waals surface area contributed by atoms with Gasteiger partial charge in [-0.05, 0) is 6.07 Å². The number of carbonyl (C=O) groups is 1. The number of nitrogen functional groups attached to an aromatic ring is 1. The van der Waals surface area contributed by atoms with Crippen molar-refractivity contribution in [1.82, 2.24) is 0 Å². The number of nitrogens with two attached hydrogens (primary N) is 1. The molecule has 1 aromatic rings. The number of ether oxygens (including phenoxy) is 1. The third-order valence-corrected chi connectivity index (χ3v) is 1.80. The monoisotopic (exact) mass is 197 g/mol. The van der Waals surface area contributed by atoms with Crippen LogP contribution in [-0.2, 0) is 0 Å². The first-order chi connectivity index (χ1) is 6.60. The van der Waals surface area contributed by atoms with Crippen molar-refractivity contribution in [3.05, 3.63) is 17.7 Å². The van der Waals surface area contributed by atoms with E-state index in [4.69, 9.17) is 15.6 Å². The molecule has 0 unspecified atom stereocenters. The van der Waals surface area contributed by atoms with Gasteiger partial charge in [-0.15, -0.1) is 0 Å². The number of aliphatic hydroxyl groups is 1. The molecule has 0 aliphatic heterocycles. The lowest BCUT2D eigenvalue weighted by atomic mass is 10.1. The molecule has 0 fully saturated rings. The highest BCUT2D eigenvalue weighted by Gasteiger charge is 2.13. The van der Waals surface area contributed by atoms with E-state index >= 15 is 0 Å². The van der Waals surface area contributed by atoms with Crippen LogP contribution in [-0.4, -0.2) is 29.7 Å². The van der Waals surface area contributed by atoms with Crippen LogP contribution in [0, 0.1) is 0 Å². The molecule has 0 saturated carbocycles. The van der Waals surface area contributed by atoms with Crippen molar-refractivity contribution in [2.45, 2.75) is 0 Å². The Morgan fingerprint density at radius 1 is 1.57 bits per heavy atom. The molecule has 14 heavy (non-hydrogen) atoms. The second-order valence-corrected chi connectivity index (χ2v) is 2.69. The van der Waals surface area contributed by atoms with Crippen molar-refractivity contribution < 1.29 is 19.7 Å². The van der Waals surface area contributed by atoms with Gasteiger partial charge in [0.2, 0.25) is 0 Å². The van der Waals surface area contributed by atoms with Crippen molar-refractivity contribution >= 4 is 11.5 Å². The maximum atomic E-state index is 11.1. The molecule has 0 amide bonds. The summed E-state index contributed by atoms with van der Waals surface area (Å²) in [5, 5.41) is 17.9. The second-order valence-electron chi connectivity index (χ2n) is 2.69. The largest absolute Gasteiger partial charge is 0.504 e. The minimum atomic E-state index is -0.627. The van der Waals surface area contributed by atoms with Gasteiger partial charge in [-0.25, -0.2) is 0 Å². The molecular formula is C9H11NO4. The number of aliphatic hydroxyl groups excluding tert-OH is 1. The number of methoxy groups -OCH3 is 1. The summed E-state index contributed by atoms with van der Waals surface area (Å²) in [6, 6.07) is 2.50. The van der Waals surface area contributed by atoms with Crippen LogP contribution in [0.3, 0.4) is 0 Å². The van der Waals surface area contributed by atoms with Crippen LogP contribution in [0.2, 0.25) is 0 Å². The fraction of sp³-hybridized carbons (Fsp3) is 0.222. The standard InChI is InChI=1S/C9H11NO4/c1-14-9-2-5(8(13)4-11)6(10)3-7(9)12/h2-3,11-12H,4,10H2,1H3. The second kappa shape index (κ2) is 3.97. The smallest absolute Gasteiger partial charge is 0.190 e. The Labute approximate surface area is 80.7 Å². The Hall–Kier alpha value is -1.75. The van der Waals surface area contributed by atoms with Gasteiger partial charge in [0, 0.05) is 17.3 Å². The van der Waals surface area contributed by atoms with Gasteiger partial charge >= 0.3 is 0 Å². The lowest BCUT2D eigenvalue weighted by Gasteiger charge is -2.08. The van der Waals surface area contributed by atoms with E-state index in [1.54, 1.807) is 0 Å². The molecule has 1 aromatic carbocycles. The van der Waals surface area contributed by atoms with Gasteiger partial charge in [-0.3, -0.25) is 4.79 Å². The quantitative estimate of drug-likeness (QED) is 0.474. The summed E-state index contributed by atoms with van der Waals surface area (Å²) in [5.41, 5.74) is 5.73. The molecule has 0 radical (unpaired) electrons. The Kier molecular flexibility index (Phi) is 2.93. The van der Waals surface area contributed by atoms with Crippen LogP contribution in [0.5, 0.6) is 11.5 Å². The van der Waals surface area contributed by atoms with E-state index in [2.05, 4.69) is 0 Å². The Morgan fingerprint density at radius 2 is 2.21 bits per heavy atom. The summed E-state index contributed by atoms with van der Waals surface area (Å²) in [6.45, 7) is -0.627. The molecule has 0 aliphatic rings. The van der Waals surface area contributed by atoms with E-state index in [1.807, 2.05) is 0 Å². The van der Waals surface area contributed by atoms with Gasteiger partial charge in [-0.2, -0.15) is 0 Å². The fourth-order valence-electron chi connectivity index (χ4n) is 1.07. The number of hydrogen-bond acceptors (Lipinski definition) is 5. The highest BCUT2D eigenvalue weighted by atomic mass is 16.5. The number of hydrogen-bond donors (Lipinski definition) is 3. The number of carbonyl (C=O) groups excluding carboxylic acids is 1. The van der Waals surface area contributed by atoms with Gasteiger partial charge in [0.05, 0.1) is 7.11 Å². The Bertz CT molecular complexity index is 362. The van der Waals surface area contributed by atoms with E-state index in [9.17, 15) is 9.90 Å². The molecule has 0 aromatic heterocycles. The first-order valence-electron chi connectivity index (χ1n) is 3.90. The molecule has 5 heteroatoms. The van der Waals surface area contributed by atoms with Crippen LogP contribution in [0.25, 0.3) is 0 Å². The molecule has 0 spiro atoms. The van der Waals surface area contributed by atoms with Crippen LogP contribution in [0.1, 0.15) is 10.4 Å². The van der Waals surface area contributed by atoms with Crippen molar-refractivity contribution in [2.75, 3.05) is 19.5 Å². The predicted molar refractivity (Wildman–Crippen MR) is 50.5 cm³/mol. The summed E-state index contributed by atoms with van der Waals surface area (Å²) >= 11 is 0. The minimum absolute atomic E-state index is 0.113.